The van der Waals surface area contributed by atoms with Crippen LogP contribution in [0.1, 0.15) is 18.4 Å². The molecule has 0 amide bonds. The number of carbonyl (C=O) groups is 1. The van der Waals surface area contributed by atoms with Crippen molar-refractivity contribution in [2.24, 2.45) is 0 Å². The molecular weight excluding hydrogens is 244 g/mol. The first-order chi connectivity index (χ1) is 9.33. The van der Waals surface area contributed by atoms with Crippen LogP contribution >= 0.6 is 0 Å². The van der Waals surface area contributed by atoms with E-state index in [1.54, 1.807) is 0 Å². The van der Waals surface area contributed by atoms with Crippen molar-refractivity contribution >= 4 is 12.0 Å². The predicted octanol–water partition coefficient (Wildman–Crippen LogP) is 2.18. The number of hydrogen-bond acceptors (Lipinski definition) is 4. The highest BCUT2D eigenvalue weighted by molar-refractivity contribution is 5.95. The van der Waals surface area contributed by atoms with E-state index in [9.17, 15) is 4.79 Å². The molecule has 0 radical (unpaired) electrons. The lowest BCUT2D eigenvalue weighted by molar-refractivity contribution is -0.142. The second kappa shape index (κ2) is 5.45. The number of ether oxygens (including phenoxy) is 3. The molecule has 1 saturated heterocycles. The first kappa shape index (κ1) is 12.2. The van der Waals surface area contributed by atoms with Crippen molar-refractivity contribution in [1.82, 2.24) is 0 Å². The van der Waals surface area contributed by atoms with E-state index in [2.05, 4.69) is 0 Å². The molecular formula is C15H16O4. The third-order valence-electron chi connectivity index (χ3n) is 3.32. The van der Waals surface area contributed by atoms with Crippen molar-refractivity contribution in [2.75, 3.05) is 19.8 Å². The average Bonchev–Trinajstić information content (AvgIpc) is 2.97. The highest BCUT2D eigenvalue weighted by Crippen LogP contribution is 2.26. The molecule has 3 rings (SSSR count). The molecule has 0 aliphatic carbocycles. The van der Waals surface area contributed by atoms with E-state index < -0.39 is 0 Å². The van der Waals surface area contributed by atoms with Gasteiger partial charge in [0.15, 0.2) is 0 Å². The Bertz CT molecular complexity index is 501. The van der Waals surface area contributed by atoms with Crippen LogP contribution in [0, 0.1) is 0 Å². The van der Waals surface area contributed by atoms with Gasteiger partial charge < -0.3 is 14.2 Å². The van der Waals surface area contributed by atoms with E-state index >= 15 is 0 Å². The van der Waals surface area contributed by atoms with Gasteiger partial charge in [-0.05, 0) is 25.0 Å². The van der Waals surface area contributed by atoms with Crippen LogP contribution in [-0.4, -0.2) is 31.9 Å². The van der Waals surface area contributed by atoms with E-state index in [-0.39, 0.29) is 18.7 Å². The summed E-state index contributed by atoms with van der Waals surface area (Å²) >= 11 is 0. The van der Waals surface area contributed by atoms with Crippen LogP contribution < -0.4 is 4.74 Å². The van der Waals surface area contributed by atoms with Crippen molar-refractivity contribution in [3.63, 3.8) is 0 Å². The molecule has 2 aliphatic rings. The molecule has 0 saturated carbocycles. The molecule has 0 spiro atoms. The molecule has 19 heavy (non-hydrogen) atoms. The zero-order chi connectivity index (χ0) is 13.1. The van der Waals surface area contributed by atoms with Crippen molar-refractivity contribution in [2.45, 2.75) is 18.9 Å². The molecule has 1 atom stereocenters. The Hall–Kier alpha value is -1.81. The lowest BCUT2D eigenvalue weighted by Crippen LogP contribution is -2.22. The molecule has 0 N–H and O–H groups in total. The Morgan fingerprint density at radius 1 is 1.37 bits per heavy atom. The van der Waals surface area contributed by atoms with Gasteiger partial charge in [0.25, 0.3) is 0 Å². The summed E-state index contributed by atoms with van der Waals surface area (Å²) < 4.78 is 16.2. The second-order valence-corrected chi connectivity index (χ2v) is 4.73. The summed E-state index contributed by atoms with van der Waals surface area (Å²) in [5.41, 5.74) is 1.47. The summed E-state index contributed by atoms with van der Waals surface area (Å²) in [4.78, 5) is 11.9. The summed E-state index contributed by atoms with van der Waals surface area (Å²) in [6.45, 7) is 1.36. The van der Waals surface area contributed by atoms with E-state index in [0.717, 1.165) is 30.8 Å². The number of rotatable bonds is 3. The fourth-order valence-corrected chi connectivity index (χ4v) is 2.27. The SMILES string of the molecule is O=C(OCC1CCCO1)C1=Cc2ccccc2OC1. The quantitative estimate of drug-likeness (QED) is 0.781. The normalized spacial score (nSPS) is 21.3. The van der Waals surface area contributed by atoms with Crippen molar-refractivity contribution in [3.05, 3.63) is 35.4 Å². The van der Waals surface area contributed by atoms with Gasteiger partial charge in [-0.15, -0.1) is 0 Å². The molecule has 1 unspecified atom stereocenters. The Morgan fingerprint density at radius 2 is 2.26 bits per heavy atom. The van der Waals surface area contributed by atoms with E-state index in [1.165, 1.54) is 0 Å². The first-order valence-corrected chi connectivity index (χ1v) is 6.54. The molecule has 1 aromatic carbocycles. The van der Waals surface area contributed by atoms with E-state index in [4.69, 9.17) is 14.2 Å². The lowest BCUT2D eigenvalue weighted by Gasteiger charge is -2.17. The monoisotopic (exact) mass is 260 g/mol. The predicted molar refractivity (Wildman–Crippen MR) is 69.8 cm³/mol. The first-order valence-electron chi connectivity index (χ1n) is 6.54. The molecule has 1 fully saturated rings. The minimum Gasteiger partial charge on any atom is -0.488 e. The van der Waals surface area contributed by atoms with Crippen LogP contribution in [0.25, 0.3) is 6.08 Å². The molecule has 2 aliphatic heterocycles. The smallest absolute Gasteiger partial charge is 0.337 e. The standard InChI is InChI=1S/C15H16O4/c16-15(19-10-13-5-3-7-17-13)12-8-11-4-1-2-6-14(11)18-9-12/h1-2,4,6,8,13H,3,5,7,9-10H2. The maximum Gasteiger partial charge on any atom is 0.337 e. The van der Waals surface area contributed by atoms with Crippen molar-refractivity contribution < 1.29 is 19.0 Å². The number of esters is 1. The number of fused-ring (bicyclic) bond motifs is 1. The molecule has 0 bridgehead atoms. The number of carbonyl (C=O) groups excluding carboxylic acids is 1. The third kappa shape index (κ3) is 2.79. The van der Waals surface area contributed by atoms with Crippen LogP contribution in [-0.2, 0) is 14.3 Å². The lowest BCUT2D eigenvalue weighted by atomic mass is 10.1. The van der Waals surface area contributed by atoms with Gasteiger partial charge in [-0.25, -0.2) is 4.79 Å². The number of para-hydroxylation sites is 1. The molecule has 1 aromatic rings. The third-order valence-corrected chi connectivity index (χ3v) is 3.32. The summed E-state index contributed by atoms with van der Waals surface area (Å²) in [6.07, 6.45) is 3.89. The van der Waals surface area contributed by atoms with Crippen LogP contribution in [0.4, 0.5) is 0 Å². The summed E-state index contributed by atoms with van der Waals surface area (Å²) in [5, 5.41) is 0. The van der Waals surface area contributed by atoms with Gasteiger partial charge in [-0.2, -0.15) is 0 Å². The molecule has 0 aromatic heterocycles. The van der Waals surface area contributed by atoms with Gasteiger partial charge in [-0.3, -0.25) is 0 Å². The van der Waals surface area contributed by atoms with E-state index in [1.807, 2.05) is 30.3 Å². The number of benzene rings is 1. The molecule has 100 valence electrons. The Balaban J connectivity index is 1.63. The Labute approximate surface area is 112 Å². The Kier molecular flexibility index (Phi) is 3.51. The average molecular weight is 260 g/mol. The minimum atomic E-state index is -0.315. The fourth-order valence-electron chi connectivity index (χ4n) is 2.27. The van der Waals surface area contributed by atoms with Crippen molar-refractivity contribution in [3.8, 4) is 5.75 Å². The highest BCUT2D eigenvalue weighted by Gasteiger charge is 2.21. The van der Waals surface area contributed by atoms with Crippen LogP contribution in [0.3, 0.4) is 0 Å². The molecule has 4 heteroatoms. The fraction of sp³-hybridized carbons (Fsp3) is 0.400. The van der Waals surface area contributed by atoms with Crippen LogP contribution in [0.5, 0.6) is 5.75 Å². The number of hydrogen-bond donors (Lipinski definition) is 0. The van der Waals surface area contributed by atoms with Crippen LogP contribution in [0.15, 0.2) is 29.8 Å². The van der Waals surface area contributed by atoms with Gasteiger partial charge in [0.2, 0.25) is 0 Å². The largest absolute Gasteiger partial charge is 0.488 e. The maximum absolute atomic E-state index is 11.9. The second-order valence-electron chi connectivity index (χ2n) is 4.73. The molecule has 4 nitrogen and oxygen atoms in total. The minimum absolute atomic E-state index is 0.0568. The highest BCUT2D eigenvalue weighted by atomic mass is 16.6. The molecule has 2 heterocycles. The van der Waals surface area contributed by atoms with Crippen molar-refractivity contribution in [1.29, 1.82) is 0 Å². The van der Waals surface area contributed by atoms with Gasteiger partial charge in [0.1, 0.15) is 19.0 Å². The van der Waals surface area contributed by atoms with Crippen LogP contribution in [0.2, 0.25) is 0 Å². The summed E-state index contributed by atoms with van der Waals surface area (Å²) in [5.74, 6) is 0.489. The van der Waals surface area contributed by atoms with Gasteiger partial charge in [-0.1, -0.05) is 18.2 Å². The zero-order valence-electron chi connectivity index (χ0n) is 10.6. The maximum atomic E-state index is 11.9. The van der Waals surface area contributed by atoms with Gasteiger partial charge in [0.05, 0.1) is 11.7 Å². The van der Waals surface area contributed by atoms with Gasteiger partial charge in [0, 0.05) is 12.2 Å². The van der Waals surface area contributed by atoms with Gasteiger partial charge >= 0.3 is 5.97 Å². The topological polar surface area (TPSA) is 44.8 Å². The summed E-state index contributed by atoms with van der Waals surface area (Å²) in [7, 11) is 0. The van der Waals surface area contributed by atoms with E-state index in [0.29, 0.717) is 12.2 Å². The summed E-state index contributed by atoms with van der Waals surface area (Å²) in [6, 6.07) is 7.63. The Morgan fingerprint density at radius 3 is 3.11 bits per heavy atom. The zero-order valence-corrected chi connectivity index (χ0v) is 10.6.